The maximum absolute atomic E-state index is 13.5. The van der Waals surface area contributed by atoms with Crippen LogP contribution in [0, 0.1) is 5.82 Å². The molecule has 0 unspecified atom stereocenters. The fourth-order valence-electron chi connectivity index (χ4n) is 1.49. The predicted molar refractivity (Wildman–Crippen MR) is 69.8 cm³/mol. The van der Waals surface area contributed by atoms with Crippen molar-refractivity contribution in [1.82, 2.24) is 0 Å². The van der Waals surface area contributed by atoms with Crippen molar-refractivity contribution in [2.24, 2.45) is 0 Å². The van der Waals surface area contributed by atoms with Crippen LogP contribution in [-0.4, -0.2) is 34.3 Å². The van der Waals surface area contributed by atoms with Gasteiger partial charge in [0.15, 0.2) is 0 Å². The molecule has 0 aliphatic rings. The molecule has 5 nitrogen and oxygen atoms in total. The van der Waals surface area contributed by atoms with E-state index in [0.29, 0.717) is 0 Å². The number of anilines is 1. The number of carbonyl (C=O) groups is 1. The van der Waals surface area contributed by atoms with Crippen LogP contribution in [0.1, 0.15) is 12.8 Å². The summed E-state index contributed by atoms with van der Waals surface area (Å²) in [6, 6.07) is 5.61. The molecule has 0 N–H and O–H groups in total. The third kappa shape index (κ3) is 4.20. The molecule has 0 radical (unpaired) electrons. The second-order valence-corrected chi connectivity index (χ2v) is 6.03. The normalized spacial score (nSPS) is 11.1. The van der Waals surface area contributed by atoms with Gasteiger partial charge in [-0.2, -0.15) is 0 Å². The summed E-state index contributed by atoms with van der Waals surface area (Å²) in [5.74, 6) is -1.32. The Morgan fingerprint density at radius 3 is 2.58 bits per heavy atom. The summed E-state index contributed by atoms with van der Waals surface area (Å²) in [6.45, 7) is 0. The van der Waals surface area contributed by atoms with Crippen LogP contribution in [-0.2, 0) is 19.6 Å². The first-order valence-electron chi connectivity index (χ1n) is 5.66. The molecule has 0 bridgehead atoms. The van der Waals surface area contributed by atoms with Crippen molar-refractivity contribution in [2.45, 2.75) is 12.8 Å². The Morgan fingerprint density at radius 1 is 1.37 bits per heavy atom. The van der Waals surface area contributed by atoms with E-state index in [2.05, 4.69) is 4.74 Å². The lowest BCUT2D eigenvalue weighted by Gasteiger charge is -2.19. The minimum atomic E-state index is -3.65. The van der Waals surface area contributed by atoms with Crippen LogP contribution in [0.15, 0.2) is 24.3 Å². The highest BCUT2D eigenvalue weighted by molar-refractivity contribution is 7.92. The number of halogens is 1. The molecule has 0 spiro atoms. The second-order valence-electron chi connectivity index (χ2n) is 3.91. The van der Waals surface area contributed by atoms with Gasteiger partial charge in [0.1, 0.15) is 5.82 Å². The molecule has 106 valence electrons. The quantitative estimate of drug-likeness (QED) is 0.745. The van der Waals surface area contributed by atoms with Crippen LogP contribution in [0.5, 0.6) is 0 Å². The van der Waals surface area contributed by atoms with Crippen LogP contribution in [0.25, 0.3) is 0 Å². The van der Waals surface area contributed by atoms with Crippen LogP contribution in [0.2, 0.25) is 0 Å². The van der Waals surface area contributed by atoms with Gasteiger partial charge in [0.25, 0.3) is 0 Å². The van der Waals surface area contributed by atoms with Gasteiger partial charge in [-0.25, -0.2) is 12.8 Å². The lowest BCUT2D eigenvalue weighted by Crippen LogP contribution is -2.30. The van der Waals surface area contributed by atoms with E-state index >= 15 is 0 Å². The Morgan fingerprint density at radius 2 is 2.00 bits per heavy atom. The van der Waals surface area contributed by atoms with E-state index in [-0.39, 0.29) is 24.3 Å². The molecule has 0 saturated carbocycles. The highest BCUT2D eigenvalue weighted by atomic mass is 32.2. The maximum atomic E-state index is 13.5. The molecular weight excluding hydrogens is 273 g/mol. The number of esters is 1. The van der Waals surface area contributed by atoms with Gasteiger partial charge in [-0.1, -0.05) is 12.1 Å². The molecule has 0 aromatic heterocycles. The standard InChI is InChI=1S/C12H16FNO4S/c1-14(11-7-4-3-6-10(11)13)19(16,17)9-5-8-12(15)18-2/h3-4,6-7H,5,8-9H2,1-2H3. The van der Waals surface area contributed by atoms with E-state index < -0.39 is 21.8 Å². The Hall–Kier alpha value is -1.63. The first-order chi connectivity index (χ1) is 8.88. The zero-order chi connectivity index (χ0) is 14.5. The third-order valence-electron chi connectivity index (χ3n) is 2.62. The highest BCUT2D eigenvalue weighted by Crippen LogP contribution is 2.20. The topological polar surface area (TPSA) is 63.7 Å². The van der Waals surface area contributed by atoms with Crippen molar-refractivity contribution < 1.29 is 22.3 Å². The number of sulfonamides is 1. The van der Waals surface area contributed by atoms with Crippen molar-refractivity contribution in [2.75, 3.05) is 24.2 Å². The van der Waals surface area contributed by atoms with Crippen LogP contribution < -0.4 is 4.31 Å². The van der Waals surface area contributed by atoms with Crippen molar-refractivity contribution in [3.8, 4) is 0 Å². The summed E-state index contributed by atoms with van der Waals surface area (Å²) >= 11 is 0. The number of hydrogen-bond donors (Lipinski definition) is 0. The van der Waals surface area contributed by atoms with E-state index in [1.165, 1.54) is 32.4 Å². The maximum Gasteiger partial charge on any atom is 0.305 e. The highest BCUT2D eigenvalue weighted by Gasteiger charge is 2.20. The summed E-state index contributed by atoms with van der Waals surface area (Å²) in [6.07, 6.45) is 0.147. The molecule has 1 aromatic rings. The number of methoxy groups -OCH3 is 1. The van der Waals surface area contributed by atoms with Crippen molar-refractivity contribution >= 4 is 21.7 Å². The number of ether oxygens (including phenoxy) is 1. The average molecular weight is 289 g/mol. The van der Waals surface area contributed by atoms with E-state index in [1.807, 2.05) is 0 Å². The van der Waals surface area contributed by atoms with Crippen molar-refractivity contribution in [3.63, 3.8) is 0 Å². The van der Waals surface area contributed by atoms with E-state index in [0.717, 1.165) is 4.31 Å². The number of hydrogen-bond acceptors (Lipinski definition) is 4. The lowest BCUT2D eigenvalue weighted by atomic mass is 10.3. The first kappa shape index (κ1) is 15.4. The van der Waals surface area contributed by atoms with Crippen LogP contribution in [0.4, 0.5) is 10.1 Å². The van der Waals surface area contributed by atoms with E-state index in [9.17, 15) is 17.6 Å². The second kappa shape index (κ2) is 6.51. The van der Waals surface area contributed by atoms with E-state index in [1.54, 1.807) is 6.07 Å². The minimum absolute atomic E-state index is 0.0134. The third-order valence-corrected chi connectivity index (χ3v) is 4.46. The Balaban J connectivity index is 2.72. The molecule has 0 aliphatic carbocycles. The molecule has 0 saturated heterocycles. The molecule has 7 heteroatoms. The van der Waals surface area contributed by atoms with Gasteiger partial charge in [0.2, 0.25) is 10.0 Å². The fraction of sp³-hybridized carbons (Fsp3) is 0.417. The number of rotatable bonds is 6. The number of para-hydroxylation sites is 1. The number of carbonyl (C=O) groups excluding carboxylic acids is 1. The molecule has 1 aromatic carbocycles. The number of nitrogens with zero attached hydrogens (tertiary/aromatic N) is 1. The molecule has 0 aliphatic heterocycles. The summed E-state index contributed by atoms with van der Waals surface area (Å²) in [7, 11) is -1.13. The van der Waals surface area contributed by atoms with E-state index in [4.69, 9.17) is 0 Å². The van der Waals surface area contributed by atoms with Gasteiger partial charge >= 0.3 is 5.97 Å². The smallest absolute Gasteiger partial charge is 0.305 e. The first-order valence-corrected chi connectivity index (χ1v) is 7.27. The molecule has 0 atom stereocenters. The van der Waals surface area contributed by atoms with Gasteiger partial charge in [0.05, 0.1) is 18.6 Å². The molecule has 0 fully saturated rings. The molecular formula is C12H16FNO4S. The monoisotopic (exact) mass is 289 g/mol. The summed E-state index contributed by atoms with van der Waals surface area (Å²) < 4.78 is 42.7. The average Bonchev–Trinajstić information content (AvgIpc) is 2.38. The molecule has 1 rings (SSSR count). The predicted octanol–water partition coefficient (Wildman–Crippen LogP) is 1.54. The Kier molecular flexibility index (Phi) is 5.29. The van der Waals surface area contributed by atoms with Crippen LogP contribution >= 0.6 is 0 Å². The van der Waals surface area contributed by atoms with Crippen molar-refractivity contribution in [3.05, 3.63) is 30.1 Å². The molecule has 0 amide bonds. The largest absolute Gasteiger partial charge is 0.469 e. The summed E-state index contributed by atoms with van der Waals surface area (Å²) in [5, 5.41) is 0. The van der Waals surface area contributed by atoms with Gasteiger partial charge in [-0.3, -0.25) is 9.10 Å². The summed E-state index contributed by atoms with van der Waals surface area (Å²) in [4.78, 5) is 10.9. The van der Waals surface area contributed by atoms with Crippen LogP contribution in [0.3, 0.4) is 0 Å². The SMILES string of the molecule is COC(=O)CCCS(=O)(=O)N(C)c1ccccc1F. The zero-order valence-corrected chi connectivity index (χ0v) is 11.6. The Labute approximate surface area is 112 Å². The van der Waals surface area contributed by atoms with Gasteiger partial charge in [-0.05, 0) is 18.6 Å². The minimum Gasteiger partial charge on any atom is -0.469 e. The molecule has 19 heavy (non-hydrogen) atoms. The van der Waals surface area contributed by atoms with Gasteiger partial charge in [0, 0.05) is 13.5 Å². The summed E-state index contributed by atoms with van der Waals surface area (Å²) in [5.41, 5.74) is -0.0134. The fourth-order valence-corrected chi connectivity index (χ4v) is 2.73. The lowest BCUT2D eigenvalue weighted by molar-refractivity contribution is -0.140. The molecule has 0 heterocycles. The number of benzene rings is 1. The van der Waals surface area contributed by atoms with Crippen molar-refractivity contribution in [1.29, 1.82) is 0 Å². The van der Waals surface area contributed by atoms with Gasteiger partial charge < -0.3 is 4.74 Å². The van der Waals surface area contributed by atoms with Gasteiger partial charge in [-0.15, -0.1) is 0 Å². The zero-order valence-electron chi connectivity index (χ0n) is 10.8. The Bertz CT molecular complexity index is 544.